The van der Waals surface area contributed by atoms with E-state index in [1.54, 1.807) is 31.2 Å². The second-order valence-electron chi connectivity index (χ2n) is 7.62. The molecular formula is C19H22N2O4. The van der Waals surface area contributed by atoms with Crippen LogP contribution in [0.15, 0.2) is 24.3 Å². The summed E-state index contributed by atoms with van der Waals surface area (Å²) in [6, 6.07) is 6.95. The van der Waals surface area contributed by atoms with Crippen LogP contribution in [0, 0.1) is 17.3 Å². The Bertz CT molecular complexity index is 754. The minimum Gasteiger partial charge on any atom is -0.393 e. The number of nitrogens with one attached hydrogen (secondary N) is 2. The molecule has 0 aromatic heterocycles. The summed E-state index contributed by atoms with van der Waals surface area (Å²) in [5.41, 5.74) is 0.0119. The highest BCUT2D eigenvalue weighted by Gasteiger charge is 2.73. The molecule has 3 N–H and O–H groups in total. The number of aliphatic hydroxyl groups excluding tert-OH is 1. The van der Waals surface area contributed by atoms with Crippen molar-refractivity contribution in [2.45, 2.75) is 44.8 Å². The Kier molecular flexibility index (Phi) is 3.68. The maximum atomic E-state index is 13.0. The van der Waals surface area contributed by atoms with Crippen molar-refractivity contribution in [1.82, 2.24) is 5.32 Å². The summed E-state index contributed by atoms with van der Waals surface area (Å²) in [5.74, 6) is -1.88. The molecule has 0 saturated heterocycles. The van der Waals surface area contributed by atoms with Gasteiger partial charge in [-0.1, -0.05) is 19.1 Å². The molecule has 1 aromatic carbocycles. The number of hydrogen-bond acceptors (Lipinski definition) is 4. The predicted molar refractivity (Wildman–Crippen MR) is 90.9 cm³/mol. The highest BCUT2D eigenvalue weighted by Crippen LogP contribution is 2.62. The minimum atomic E-state index is -0.977. The van der Waals surface area contributed by atoms with Gasteiger partial charge in [0, 0.05) is 11.6 Å². The Morgan fingerprint density at radius 3 is 2.60 bits per heavy atom. The molecule has 2 aliphatic carbocycles. The number of ketones is 1. The molecule has 1 aliphatic heterocycles. The van der Waals surface area contributed by atoms with Crippen molar-refractivity contribution in [1.29, 1.82) is 0 Å². The van der Waals surface area contributed by atoms with Gasteiger partial charge in [0.15, 0.2) is 5.78 Å². The Hall–Kier alpha value is -2.21. The molecule has 4 rings (SSSR count). The van der Waals surface area contributed by atoms with Crippen LogP contribution in [0.25, 0.3) is 0 Å². The van der Waals surface area contributed by atoms with Gasteiger partial charge in [-0.2, -0.15) is 0 Å². The molecule has 1 heterocycles. The van der Waals surface area contributed by atoms with Crippen molar-refractivity contribution in [3.05, 3.63) is 29.8 Å². The molecule has 0 unspecified atom stereocenters. The zero-order chi connectivity index (χ0) is 17.8. The Morgan fingerprint density at radius 2 is 1.88 bits per heavy atom. The van der Waals surface area contributed by atoms with E-state index in [-0.39, 0.29) is 29.7 Å². The lowest BCUT2D eigenvalue weighted by atomic mass is 9.91. The normalized spacial score (nSPS) is 36.6. The number of Topliss-reactive ketones (excluding diaryl/α,β-unsaturated/α-hetero) is 1. The summed E-state index contributed by atoms with van der Waals surface area (Å²) in [6.45, 7) is 1.72. The summed E-state index contributed by atoms with van der Waals surface area (Å²) >= 11 is 0. The van der Waals surface area contributed by atoms with Gasteiger partial charge in [-0.25, -0.2) is 0 Å². The Labute approximate surface area is 146 Å². The number of amides is 2. The van der Waals surface area contributed by atoms with Crippen LogP contribution >= 0.6 is 0 Å². The average Bonchev–Trinajstić information content (AvgIpc) is 3.25. The Balaban J connectivity index is 1.55. The van der Waals surface area contributed by atoms with Gasteiger partial charge < -0.3 is 15.7 Å². The van der Waals surface area contributed by atoms with Crippen molar-refractivity contribution in [2.75, 3.05) is 5.32 Å². The zero-order valence-corrected chi connectivity index (χ0v) is 14.1. The van der Waals surface area contributed by atoms with E-state index < -0.39 is 17.3 Å². The van der Waals surface area contributed by atoms with E-state index >= 15 is 0 Å². The first-order valence-corrected chi connectivity index (χ1v) is 8.86. The third-order valence-corrected chi connectivity index (χ3v) is 6.04. The topological polar surface area (TPSA) is 95.5 Å². The molecule has 132 valence electrons. The van der Waals surface area contributed by atoms with Crippen LogP contribution in [0.3, 0.4) is 0 Å². The van der Waals surface area contributed by atoms with Gasteiger partial charge in [0.05, 0.1) is 29.0 Å². The number of hydrogen-bond donors (Lipinski definition) is 3. The van der Waals surface area contributed by atoms with Crippen LogP contribution in [-0.2, 0) is 9.59 Å². The van der Waals surface area contributed by atoms with Crippen LogP contribution in [0.4, 0.5) is 5.69 Å². The fourth-order valence-corrected chi connectivity index (χ4v) is 4.44. The van der Waals surface area contributed by atoms with Crippen molar-refractivity contribution in [2.24, 2.45) is 17.3 Å². The molecule has 0 radical (unpaired) electrons. The number of benzene rings is 1. The quantitative estimate of drug-likeness (QED) is 0.759. The summed E-state index contributed by atoms with van der Waals surface area (Å²) in [4.78, 5) is 38.3. The molecule has 6 heteroatoms. The number of carbonyl (C=O) groups excluding carboxylic acids is 3. The SMILES string of the molecule is C[C@]12C(=O)c3ccccc3NC(=O)[C@@H]1[C@H]2C(=O)NC1CCC(O)CC1. The zero-order valence-electron chi connectivity index (χ0n) is 14.1. The van der Waals surface area contributed by atoms with Crippen molar-refractivity contribution < 1.29 is 19.5 Å². The summed E-state index contributed by atoms with van der Waals surface area (Å²) < 4.78 is 0. The van der Waals surface area contributed by atoms with Crippen molar-refractivity contribution in [3.63, 3.8) is 0 Å². The van der Waals surface area contributed by atoms with Crippen LogP contribution in [0.2, 0.25) is 0 Å². The van der Waals surface area contributed by atoms with Gasteiger partial charge in [-0.3, -0.25) is 14.4 Å². The van der Waals surface area contributed by atoms with Crippen molar-refractivity contribution >= 4 is 23.3 Å². The van der Waals surface area contributed by atoms with E-state index in [0.29, 0.717) is 24.1 Å². The lowest BCUT2D eigenvalue weighted by molar-refractivity contribution is -0.126. The molecule has 3 aliphatic rings. The smallest absolute Gasteiger partial charge is 0.229 e. The lowest BCUT2D eigenvalue weighted by Crippen LogP contribution is -2.40. The van der Waals surface area contributed by atoms with Crippen LogP contribution in [0.5, 0.6) is 0 Å². The first-order chi connectivity index (χ1) is 11.9. The molecule has 2 amide bonds. The first-order valence-electron chi connectivity index (χ1n) is 8.86. The predicted octanol–water partition coefficient (Wildman–Crippen LogP) is 1.49. The van der Waals surface area contributed by atoms with Crippen LogP contribution < -0.4 is 10.6 Å². The average molecular weight is 342 g/mol. The van der Waals surface area contributed by atoms with Gasteiger partial charge in [-0.15, -0.1) is 0 Å². The molecule has 6 nitrogen and oxygen atoms in total. The number of aliphatic hydroxyl groups is 1. The fraction of sp³-hybridized carbons (Fsp3) is 0.526. The highest BCUT2D eigenvalue weighted by atomic mass is 16.3. The second kappa shape index (κ2) is 5.66. The summed E-state index contributed by atoms with van der Waals surface area (Å²) in [5, 5.41) is 15.4. The standard InChI is InChI=1S/C19H22N2O4/c1-19-14(17(24)20-10-6-8-11(22)9-7-10)15(19)18(25)21-13-5-3-2-4-12(13)16(19)23/h2-5,10-11,14-15,22H,6-9H2,1H3,(H,20,24)(H,21,25)/t10?,11?,14-,15-,19+/m0/s1. The maximum Gasteiger partial charge on any atom is 0.229 e. The third kappa shape index (κ3) is 2.47. The number of carbonyl (C=O) groups is 3. The van der Waals surface area contributed by atoms with E-state index in [9.17, 15) is 19.5 Å². The van der Waals surface area contributed by atoms with E-state index in [4.69, 9.17) is 0 Å². The molecule has 0 spiro atoms. The maximum absolute atomic E-state index is 13.0. The number of para-hydroxylation sites is 1. The molecule has 2 fully saturated rings. The van der Waals surface area contributed by atoms with Crippen LogP contribution in [-0.4, -0.2) is 34.8 Å². The third-order valence-electron chi connectivity index (χ3n) is 6.04. The molecule has 3 atom stereocenters. The lowest BCUT2D eigenvalue weighted by Gasteiger charge is -2.26. The number of anilines is 1. The molecule has 25 heavy (non-hydrogen) atoms. The van der Waals surface area contributed by atoms with Gasteiger partial charge in [0.25, 0.3) is 0 Å². The van der Waals surface area contributed by atoms with Crippen LogP contribution in [0.1, 0.15) is 43.0 Å². The first kappa shape index (κ1) is 16.3. The van der Waals surface area contributed by atoms with Gasteiger partial charge in [-0.05, 0) is 37.8 Å². The van der Waals surface area contributed by atoms with Crippen molar-refractivity contribution in [3.8, 4) is 0 Å². The Morgan fingerprint density at radius 1 is 1.20 bits per heavy atom. The summed E-state index contributed by atoms with van der Waals surface area (Å²) in [7, 11) is 0. The van der Waals surface area contributed by atoms with E-state index in [1.807, 2.05) is 0 Å². The largest absolute Gasteiger partial charge is 0.393 e. The summed E-state index contributed by atoms with van der Waals surface area (Å²) in [6.07, 6.45) is 2.50. The van der Waals surface area contributed by atoms with Gasteiger partial charge >= 0.3 is 0 Å². The monoisotopic (exact) mass is 342 g/mol. The molecule has 0 bridgehead atoms. The number of fused-ring (bicyclic) bond motifs is 2. The van der Waals surface area contributed by atoms with E-state index in [1.165, 1.54) is 0 Å². The highest BCUT2D eigenvalue weighted by molar-refractivity contribution is 6.19. The minimum absolute atomic E-state index is 0.00906. The molecular weight excluding hydrogens is 320 g/mol. The fourth-order valence-electron chi connectivity index (χ4n) is 4.44. The van der Waals surface area contributed by atoms with Gasteiger partial charge in [0.1, 0.15) is 0 Å². The number of rotatable bonds is 2. The van der Waals surface area contributed by atoms with E-state index in [0.717, 1.165) is 12.8 Å². The van der Waals surface area contributed by atoms with E-state index in [2.05, 4.69) is 10.6 Å². The molecule has 1 aromatic rings. The second-order valence-corrected chi connectivity index (χ2v) is 7.62. The molecule has 2 saturated carbocycles. The van der Waals surface area contributed by atoms with Gasteiger partial charge in [0.2, 0.25) is 11.8 Å².